The van der Waals surface area contributed by atoms with E-state index in [1.165, 1.54) is 0 Å². The molecule has 1 heterocycles. The minimum absolute atomic E-state index is 0.121. The maximum atomic E-state index is 11.7. The Balaban J connectivity index is 1.74. The number of amides is 1. The summed E-state index contributed by atoms with van der Waals surface area (Å²) in [6.07, 6.45) is 4.46. The molecule has 0 bridgehead atoms. The molecule has 0 saturated heterocycles. The molecule has 1 aromatic heterocycles. The molecule has 94 valence electrons. The van der Waals surface area contributed by atoms with Crippen LogP contribution in [0.15, 0.2) is 10.6 Å². The van der Waals surface area contributed by atoms with Crippen LogP contribution in [0.4, 0.5) is 0 Å². The number of carbonyl (C=O) groups excluding carboxylic acids is 1. The molecule has 1 N–H and O–H groups in total. The quantitative estimate of drug-likeness (QED) is 0.773. The fourth-order valence-corrected chi connectivity index (χ4v) is 1.76. The Morgan fingerprint density at radius 1 is 1.59 bits per heavy atom. The van der Waals surface area contributed by atoms with Gasteiger partial charge in [-0.2, -0.15) is 0 Å². The minimum Gasteiger partial charge on any atom is -0.360 e. The second-order valence-electron chi connectivity index (χ2n) is 5.18. The van der Waals surface area contributed by atoms with Gasteiger partial charge >= 0.3 is 0 Å². The third kappa shape index (κ3) is 3.58. The molecule has 0 aromatic carbocycles. The van der Waals surface area contributed by atoms with Crippen molar-refractivity contribution in [2.75, 3.05) is 6.54 Å². The van der Waals surface area contributed by atoms with E-state index in [0.29, 0.717) is 24.1 Å². The SMILES string of the molecule is CC(C)CCCNC(=O)c1cc(C2CC2)on1. The Bertz CT molecular complexity index is 381. The average molecular weight is 236 g/mol. The summed E-state index contributed by atoms with van der Waals surface area (Å²) < 4.78 is 5.14. The predicted octanol–water partition coefficient (Wildman–Crippen LogP) is 2.72. The van der Waals surface area contributed by atoms with Gasteiger partial charge in [0.2, 0.25) is 0 Å². The summed E-state index contributed by atoms with van der Waals surface area (Å²) in [6.45, 7) is 5.07. The third-order valence-electron chi connectivity index (χ3n) is 2.98. The summed E-state index contributed by atoms with van der Waals surface area (Å²) >= 11 is 0. The summed E-state index contributed by atoms with van der Waals surface area (Å²) in [7, 11) is 0. The lowest BCUT2D eigenvalue weighted by Crippen LogP contribution is -2.24. The number of hydrogen-bond acceptors (Lipinski definition) is 3. The van der Waals surface area contributed by atoms with Gasteiger partial charge < -0.3 is 9.84 Å². The van der Waals surface area contributed by atoms with Gasteiger partial charge in [0.1, 0.15) is 5.76 Å². The molecule has 1 fully saturated rings. The zero-order chi connectivity index (χ0) is 12.3. The molecule has 1 aliphatic carbocycles. The van der Waals surface area contributed by atoms with Crippen molar-refractivity contribution < 1.29 is 9.32 Å². The van der Waals surface area contributed by atoms with Gasteiger partial charge in [-0.25, -0.2) is 0 Å². The van der Waals surface area contributed by atoms with Gasteiger partial charge in [-0.05, 0) is 31.6 Å². The summed E-state index contributed by atoms with van der Waals surface area (Å²) in [5, 5.41) is 6.67. The molecule has 2 rings (SSSR count). The van der Waals surface area contributed by atoms with Crippen molar-refractivity contribution in [2.24, 2.45) is 5.92 Å². The van der Waals surface area contributed by atoms with Crippen molar-refractivity contribution in [1.82, 2.24) is 10.5 Å². The van der Waals surface area contributed by atoms with E-state index in [0.717, 1.165) is 31.4 Å². The Kier molecular flexibility index (Phi) is 3.82. The number of carbonyl (C=O) groups is 1. The van der Waals surface area contributed by atoms with Crippen LogP contribution < -0.4 is 5.32 Å². The predicted molar refractivity (Wildman–Crippen MR) is 64.9 cm³/mol. The topological polar surface area (TPSA) is 55.1 Å². The number of aromatic nitrogens is 1. The molecule has 0 radical (unpaired) electrons. The van der Waals surface area contributed by atoms with Crippen LogP contribution in [0.3, 0.4) is 0 Å². The van der Waals surface area contributed by atoms with Crippen LogP contribution in [0.1, 0.15) is 61.7 Å². The first-order valence-electron chi connectivity index (χ1n) is 6.41. The van der Waals surface area contributed by atoms with E-state index in [-0.39, 0.29) is 5.91 Å². The van der Waals surface area contributed by atoms with Gasteiger partial charge in [-0.1, -0.05) is 19.0 Å². The standard InChI is InChI=1S/C13H20N2O2/c1-9(2)4-3-7-14-13(16)11-8-12(17-15-11)10-5-6-10/h8-10H,3-7H2,1-2H3,(H,14,16). The number of rotatable bonds is 6. The summed E-state index contributed by atoms with van der Waals surface area (Å²) in [5.74, 6) is 1.92. The van der Waals surface area contributed by atoms with Crippen molar-refractivity contribution >= 4 is 5.91 Å². The summed E-state index contributed by atoms with van der Waals surface area (Å²) in [6, 6.07) is 1.77. The van der Waals surface area contributed by atoms with Crippen molar-refractivity contribution in [1.29, 1.82) is 0 Å². The zero-order valence-corrected chi connectivity index (χ0v) is 10.5. The van der Waals surface area contributed by atoms with Gasteiger partial charge in [-0.15, -0.1) is 0 Å². The Labute approximate surface area is 102 Å². The molecule has 0 unspecified atom stereocenters. The van der Waals surface area contributed by atoms with Crippen molar-refractivity contribution in [3.8, 4) is 0 Å². The van der Waals surface area contributed by atoms with E-state index in [1.807, 2.05) is 0 Å². The molecule has 4 heteroatoms. The molecule has 0 atom stereocenters. The van der Waals surface area contributed by atoms with Crippen LogP contribution in [0.5, 0.6) is 0 Å². The van der Waals surface area contributed by atoms with Gasteiger partial charge in [0, 0.05) is 18.5 Å². The highest BCUT2D eigenvalue weighted by Crippen LogP contribution is 2.40. The molecular weight excluding hydrogens is 216 g/mol. The summed E-state index contributed by atoms with van der Waals surface area (Å²) in [4.78, 5) is 11.7. The average Bonchev–Trinajstić information content (AvgIpc) is 3.02. The van der Waals surface area contributed by atoms with E-state index in [9.17, 15) is 4.79 Å². The first-order chi connectivity index (χ1) is 8.16. The van der Waals surface area contributed by atoms with Gasteiger partial charge in [0.25, 0.3) is 5.91 Å². The largest absolute Gasteiger partial charge is 0.360 e. The fourth-order valence-electron chi connectivity index (χ4n) is 1.76. The third-order valence-corrected chi connectivity index (χ3v) is 2.98. The Morgan fingerprint density at radius 2 is 2.35 bits per heavy atom. The lowest BCUT2D eigenvalue weighted by molar-refractivity contribution is 0.0943. The van der Waals surface area contributed by atoms with Crippen LogP contribution in [-0.2, 0) is 0 Å². The minimum atomic E-state index is -0.121. The Morgan fingerprint density at radius 3 is 3.00 bits per heavy atom. The van der Waals surface area contributed by atoms with E-state index in [4.69, 9.17) is 4.52 Å². The maximum absolute atomic E-state index is 11.7. The molecular formula is C13H20N2O2. The smallest absolute Gasteiger partial charge is 0.273 e. The lowest BCUT2D eigenvalue weighted by atomic mass is 10.1. The van der Waals surface area contributed by atoms with Gasteiger partial charge in [-0.3, -0.25) is 4.79 Å². The van der Waals surface area contributed by atoms with Crippen LogP contribution in [0.2, 0.25) is 0 Å². The highest BCUT2D eigenvalue weighted by atomic mass is 16.5. The van der Waals surface area contributed by atoms with Crippen molar-refractivity contribution in [2.45, 2.75) is 45.4 Å². The van der Waals surface area contributed by atoms with Crippen LogP contribution in [0, 0.1) is 5.92 Å². The van der Waals surface area contributed by atoms with Gasteiger partial charge in [0.15, 0.2) is 5.69 Å². The van der Waals surface area contributed by atoms with E-state index in [1.54, 1.807) is 6.07 Å². The first-order valence-corrected chi connectivity index (χ1v) is 6.41. The first kappa shape index (κ1) is 12.1. The molecule has 1 aliphatic rings. The molecule has 17 heavy (non-hydrogen) atoms. The summed E-state index contributed by atoms with van der Waals surface area (Å²) in [5.41, 5.74) is 0.413. The van der Waals surface area contributed by atoms with E-state index >= 15 is 0 Å². The molecule has 1 amide bonds. The normalized spacial score (nSPS) is 15.2. The molecule has 1 aromatic rings. The van der Waals surface area contributed by atoms with Crippen LogP contribution >= 0.6 is 0 Å². The lowest BCUT2D eigenvalue weighted by Gasteiger charge is -2.04. The maximum Gasteiger partial charge on any atom is 0.273 e. The van der Waals surface area contributed by atoms with Crippen molar-refractivity contribution in [3.63, 3.8) is 0 Å². The second-order valence-corrected chi connectivity index (χ2v) is 5.18. The van der Waals surface area contributed by atoms with Crippen LogP contribution in [-0.4, -0.2) is 17.6 Å². The Hall–Kier alpha value is -1.32. The van der Waals surface area contributed by atoms with Crippen LogP contribution in [0.25, 0.3) is 0 Å². The highest BCUT2D eigenvalue weighted by molar-refractivity contribution is 5.92. The fraction of sp³-hybridized carbons (Fsp3) is 0.692. The molecule has 0 spiro atoms. The zero-order valence-electron chi connectivity index (χ0n) is 10.5. The van der Waals surface area contributed by atoms with E-state index in [2.05, 4.69) is 24.3 Å². The molecule has 0 aliphatic heterocycles. The number of nitrogens with one attached hydrogen (secondary N) is 1. The number of nitrogens with zero attached hydrogens (tertiary/aromatic N) is 1. The highest BCUT2D eigenvalue weighted by Gasteiger charge is 2.28. The van der Waals surface area contributed by atoms with Crippen molar-refractivity contribution in [3.05, 3.63) is 17.5 Å². The molecule has 1 saturated carbocycles. The molecule has 4 nitrogen and oxygen atoms in total. The number of hydrogen-bond donors (Lipinski definition) is 1. The van der Waals surface area contributed by atoms with Gasteiger partial charge in [0.05, 0.1) is 0 Å². The second kappa shape index (κ2) is 5.34. The van der Waals surface area contributed by atoms with E-state index < -0.39 is 0 Å². The monoisotopic (exact) mass is 236 g/mol.